The fraction of sp³-hybridized carbons (Fsp3) is 0.125. The molecule has 0 spiro atoms. The van der Waals surface area contributed by atoms with Gasteiger partial charge in [0, 0.05) is 10.6 Å². The second-order valence-electron chi connectivity index (χ2n) is 5.34. The number of nitrogens with one attached hydrogen (secondary N) is 1. The number of hydrogen-bond acceptors (Lipinski definition) is 5. The van der Waals surface area contributed by atoms with Gasteiger partial charge in [-0.2, -0.15) is 0 Å². The first kappa shape index (κ1) is 17.8. The third kappa shape index (κ3) is 3.65. The summed E-state index contributed by atoms with van der Waals surface area (Å²) >= 11 is 7.05. The Morgan fingerprint density at radius 3 is 2.64 bits per heavy atom. The number of nitrogens with zero attached hydrogens (tertiary/aromatic N) is 2. The van der Waals surface area contributed by atoms with Crippen molar-refractivity contribution in [2.24, 2.45) is 0 Å². The fourth-order valence-corrected chi connectivity index (χ4v) is 4.68. The van der Waals surface area contributed by atoms with E-state index in [-0.39, 0.29) is 15.8 Å². The van der Waals surface area contributed by atoms with Crippen molar-refractivity contribution in [3.63, 3.8) is 0 Å². The first-order valence-corrected chi connectivity index (χ1v) is 9.83. The fourth-order valence-electron chi connectivity index (χ4n) is 2.21. The summed E-state index contributed by atoms with van der Waals surface area (Å²) in [5.41, 5.74) is 1.60. The lowest BCUT2D eigenvalue weighted by Gasteiger charge is -2.08. The van der Waals surface area contributed by atoms with Crippen molar-refractivity contribution in [2.75, 3.05) is 4.72 Å². The molecule has 0 radical (unpaired) electrons. The molecular weight excluding hydrogens is 385 g/mol. The molecule has 5 nitrogen and oxygen atoms in total. The first-order valence-electron chi connectivity index (χ1n) is 7.16. The van der Waals surface area contributed by atoms with Crippen molar-refractivity contribution in [3.8, 4) is 10.6 Å². The summed E-state index contributed by atoms with van der Waals surface area (Å²) in [6.45, 7) is 3.27. The Hall–Kier alpha value is -2.03. The van der Waals surface area contributed by atoms with Crippen LogP contribution in [0.1, 0.15) is 11.1 Å². The Morgan fingerprint density at radius 1 is 1.16 bits per heavy atom. The van der Waals surface area contributed by atoms with Gasteiger partial charge in [0.25, 0.3) is 10.0 Å². The van der Waals surface area contributed by atoms with Crippen LogP contribution in [0.3, 0.4) is 0 Å². The molecule has 0 saturated heterocycles. The van der Waals surface area contributed by atoms with Crippen LogP contribution < -0.4 is 4.72 Å². The normalized spacial score (nSPS) is 11.5. The first-order chi connectivity index (χ1) is 11.8. The highest BCUT2D eigenvalue weighted by Gasteiger charge is 2.20. The van der Waals surface area contributed by atoms with Gasteiger partial charge in [-0.25, -0.2) is 12.8 Å². The highest BCUT2D eigenvalue weighted by molar-refractivity contribution is 7.93. The van der Waals surface area contributed by atoms with Crippen LogP contribution in [0.15, 0.2) is 41.3 Å². The van der Waals surface area contributed by atoms with Crippen LogP contribution in [0.4, 0.5) is 9.52 Å². The van der Waals surface area contributed by atoms with Gasteiger partial charge in [-0.05, 0) is 55.3 Å². The van der Waals surface area contributed by atoms with E-state index in [1.165, 1.54) is 12.1 Å². The molecule has 3 rings (SSSR count). The predicted molar refractivity (Wildman–Crippen MR) is 97.0 cm³/mol. The van der Waals surface area contributed by atoms with E-state index >= 15 is 0 Å². The van der Waals surface area contributed by atoms with Crippen LogP contribution in [0.2, 0.25) is 5.02 Å². The molecule has 9 heteroatoms. The van der Waals surface area contributed by atoms with Crippen molar-refractivity contribution >= 4 is 38.1 Å². The molecule has 2 aromatic carbocycles. The van der Waals surface area contributed by atoms with Gasteiger partial charge in [0.2, 0.25) is 5.13 Å². The molecule has 0 amide bonds. The lowest BCUT2D eigenvalue weighted by Crippen LogP contribution is -2.14. The maximum Gasteiger partial charge on any atom is 0.264 e. The van der Waals surface area contributed by atoms with Gasteiger partial charge < -0.3 is 0 Å². The van der Waals surface area contributed by atoms with Crippen LogP contribution in [-0.4, -0.2) is 18.6 Å². The van der Waals surface area contributed by atoms with Gasteiger partial charge >= 0.3 is 0 Å². The smallest absolute Gasteiger partial charge is 0.253 e. The Labute approximate surface area is 153 Å². The number of aryl methyl sites for hydroxylation is 1. The second-order valence-corrected chi connectivity index (χ2v) is 8.38. The van der Waals surface area contributed by atoms with E-state index in [4.69, 9.17) is 11.6 Å². The van der Waals surface area contributed by atoms with E-state index in [2.05, 4.69) is 14.9 Å². The summed E-state index contributed by atoms with van der Waals surface area (Å²) in [5, 5.41) is 8.80. The Bertz CT molecular complexity index is 1050. The number of aromatic nitrogens is 2. The number of rotatable bonds is 4. The van der Waals surface area contributed by atoms with Gasteiger partial charge in [0.1, 0.15) is 10.8 Å². The molecule has 0 aliphatic carbocycles. The minimum absolute atomic E-state index is 0.0781. The minimum atomic E-state index is -3.84. The molecule has 130 valence electrons. The van der Waals surface area contributed by atoms with E-state index in [1.807, 2.05) is 0 Å². The van der Waals surface area contributed by atoms with Crippen LogP contribution >= 0.6 is 22.9 Å². The Morgan fingerprint density at radius 2 is 1.92 bits per heavy atom. The molecule has 0 unspecified atom stereocenters. The van der Waals surface area contributed by atoms with E-state index in [0.717, 1.165) is 11.3 Å². The molecule has 0 fully saturated rings. The van der Waals surface area contributed by atoms with Gasteiger partial charge in [-0.15, -0.1) is 10.2 Å². The number of benzene rings is 2. The van der Waals surface area contributed by atoms with E-state index in [0.29, 0.717) is 26.7 Å². The van der Waals surface area contributed by atoms with Crippen LogP contribution in [0.5, 0.6) is 0 Å². The van der Waals surface area contributed by atoms with Gasteiger partial charge in [-0.3, -0.25) is 4.72 Å². The van der Waals surface area contributed by atoms with E-state index in [1.54, 1.807) is 38.1 Å². The van der Waals surface area contributed by atoms with Crippen LogP contribution in [0, 0.1) is 19.7 Å². The monoisotopic (exact) mass is 397 g/mol. The zero-order valence-electron chi connectivity index (χ0n) is 13.2. The topological polar surface area (TPSA) is 72.0 Å². The maximum atomic E-state index is 13.4. The molecular formula is C16H13ClFN3O2S2. The molecule has 1 aromatic heterocycles. The molecule has 0 aliphatic heterocycles. The van der Waals surface area contributed by atoms with E-state index < -0.39 is 10.0 Å². The second kappa shape index (κ2) is 6.70. The molecule has 25 heavy (non-hydrogen) atoms. The number of anilines is 1. The van der Waals surface area contributed by atoms with E-state index in [9.17, 15) is 12.8 Å². The van der Waals surface area contributed by atoms with Crippen molar-refractivity contribution in [2.45, 2.75) is 18.7 Å². The third-order valence-corrected chi connectivity index (χ3v) is 6.47. The number of halogens is 2. The molecule has 0 aliphatic rings. The molecule has 0 atom stereocenters. The van der Waals surface area contributed by atoms with Crippen molar-refractivity contribution in [1.82, 2.24) is 10.2 Å². The predicted octanol–water partition coefficient (Wildman–Crippen LogP) is 4.42. The van der Waals surface area contributed by atoms with Crippen molar-refractivity contribution < 1.29 is 12.8 Å². The summed E-state index contributed by atoms with van der Waals surface area (Å²) in [6.07, 6.45) is 0. The van der Waals surface area contributed by atoms with Gasteiger partial charge in [0.05, 0.1) is 4.90 Å². The molecule has 0 bridgehead atoms. The van der Waals surface area contributed by atoms with Crippen LogP contribution in [-0.2, 0) is 10.0 Å². The van der Waals surface area contributed by atoms with Gasteiger partial charge in [-0.1, -0.05) is 29.0 Å². The molecule has 0 saturated carbocycles. The van der Waals surface area contributed by atoms with Crippen molar-refractivity contribution in [1.29, 1.82) is 0 Å². The third-order valence-electron chi connectivity index (χ3n) is 3.56. The lowest BCUT2D eigenvalue weighted by atomic mass is 10.1. The standard InChI is InChI=1S/C16H13ClFN3O2S2/c1-9-8-11(6-7-13(9)18)15-19-20-16(24-15)21-25(22,23)14-5-3-4-12(17)10(14)2/h3-8H,1-2H3,(H,20,21). The highest BCUT2D eigenvalue weighted by Crippen LogP contribution is 2.30. The minimum Gasteiger partial charge on any atom is -0.253 e. The molecule has 3 aromatic rings. The largest absolute Gasteiger partial charge is 0.264 e. The summed E-state index contributed by atoms with van der Waals surface area (Å²) in [5.74, 6) is -0.314. The zero-order chi connectivity index (χ0) is 18.2. The molecule has 1 heterocycles. The summed E-state index contributed by atoms with van der Waals surface area (Å²) < 4.78 is 40.8. The van der Waals surface area contributed by atoms with Crippen molar-refractivity contribution in [3.05, 3.63) is 58.4 Å². The zero-order valence-corrected chi connectivity index (χ0v) is 15.6. The highest BCUT2D eigenvalue weighted by atomic mass is 35.5. The maximum absolute atomic E-state index is 13.4. The Kier molecular flexibility index (Phi) is 4.77. The summed E-state index contributed by atoms with van der Waals surface area (Å²) in [4.78, 5) is 0.0781. The lowest BCUT2D eigenvalue weighted by molar-refractivity contribution is 0.600. The average molecular weight is 398 g/mol. The van der Waals surface area contributed by atoms with Crippen LogP contribution in [0.25, 0.3) is 10.6 Å². The SMILES string of the molecule is Cc1cc(-c2nnc(NS(=O)(=O)c3cccc(Cl)c3C)s2)ccc1F. The Balaban J connectivity index is 1.90. The average Bonchev–Trinajstić information content (AvgIpc) is 3.00. The number of hydrogen-bond donors (Lipinski definition) is 1. The summed E-state index contributed by atoms with van der Waals surface area (Å²) in [7, 11) is -3.84. The summed E-state index contributed by atoms with van der Waals surface area (Å²) in [6, 6.07) is 9.20. The molecule has 1 N–H and O–H groups in total. The quantitative estimate of drug-likeness (QED) is 0.707. The van der Waals surface area contributed by atoms with Gasteiger partial charge in [0.15, 0.2) is 0 Å². The number of sulfonamides is 1.